The summed E-state index contributed by atoms with van der Waals surface area (Å²) in [6.07, 6.45) is 10.7. The van der Waals surface area contributed by atoms with E-state index in [1.807, 2.05) is 39.0 Å². The lowest BCUT2D eigenvalue weighted by Crippen LogP contribution is -2.36. The number of nitrogens with one attached hydrogen (secondary N) is 1. The Balaban J connectivity index is 3.57. The number of carbonyl (C=O) groups is 1. The molecule has 0 saturated heterocycles. The third-order valence-corrected chi connectivity index (χ3v) is 2.53. The van der Waals surface area contributed by atoms with Crippen LogP contribution in [0.3, 0.4) is 0 Å². The summed E-state index contributed by atoms with van der Waals surface area (Å²) >= 11 is 0. The lowest BCUT2D eigenvalue weighted by molar-refractivity contribution is -0.129. The molecule has 2 N–H and O–H groups in total. The normalized spacial score (nSPS) is 13.6. The minimum absolute atomic E-state index is 0.242. The van der Waals surface area contributed by atoms with Gasteiger partial charge in [-0.05, 0) is 32.1 Å². The molecule has 0 rings (SSSR count). The molecule has 1 unspecified atom stereocenters. The topological polar surface area (TPSA) is 49.3 Å². The van der Waals surface area contributed by atoms with Gasteiger partial charge in [0.25, 0.3) is 0 Å². The minimum atomic E-state index is -0.858. The van der Waals surface area contributed by atoms with E-state index in [-0.39, 0.29) is 5.91 Å². The van der Waals surface area contributed by atoms with Crippen LogP contribution in [0.5, 0.6) is 0 Å². The maximum absolute atomic E-state index is 11.5. The van der Waals surface area contributed by atoms with E-state index >= 15 is 0 Å². The van der Waals surface area contributed by atoms with Crippen LogP contribution in [0.4, 0.5) is 0 Å². The van der Waals surface area contributed by atoms with Gasteiger partial charge in [0, 0.05) is 6.54 Å². The van der Waals surface area contributed by atoms with Gasteiger partial charge in [0.05, 0.1) is 0 Å². The van der Waals surface area contributed by atoms with Crippen LogP contribution >= 0.6 is 0 Å². The molecule has 0 bridgehead atoms. The number of hydrogen-bond donors (Lipinski definition) is 2. The van der Waals surface area contributed by atoms with Crippen molar-refractivity contribution in [2.45, 2.75) is 52.6 Å². The zero-order chi connectivity index (χ0) is 13.8. The molecule has 0 fully saturated rings. The Labute approximate surface area is 111 Å². The summed E-state index contributed by atoms with van der Waals surface area (Å²) in [5.74, 6) is 0.172. The van der Waals surface area contributed by atoms with E-state index in [2.05, 4.69) is 11.4 Å². The first-order valence-electron chi connectivity index (χ1n) is 6.81. The van der Waals surface area contributed by atoms with Crippen LogP contribution in [0, 0.1) is 5.92 Å². The Morgan fingerprint density at radius 2 is 2.00 bits per heavy atom. The van der Waals surface area contributed by atoms with E-state index in [1.165, 1.54) is 0 Å². The van der Waals surface area contributed by atoms with Crippen molar-refractivity contribution in [1.29, 1.82) is 0 Å². The van der Waals surface area contributed by atoms with E-state index in [9.17, 15) is 9.90 Å². The van der Waals surface area contributed by atoms with Gasteiger partial charge in [-0.25, -0.2) is 0 Å². The van der Waals surface area contributed by atoms with Gasteiger partial charge in [-0.2, -0.15) is 0 Å². The molecule has 0 spiro atoms. The Morgan fingerprint density at radius 1 is 1.28 bits per heavy atom. The van der Waals surface area contributed by atoms with Crippen molar-refractivity contribution in [3.8, 4) is 0 Å². The van der Waals surface area contributed by atoms with Crippen molar-refractivity contribution >= 4 is 5.91 Å². The Kier molecular flexibility index (Phi) is 10.4. The molecule has 0 radical (unpaired) electrons. The van der Waals surface area contributed by atoms with Crippen molar-refractivity contribution in [3.05, 3.63) is 24.3 Å². The first kappa shape index (κ1) is 16.9. The molecule has 0 aromatic rings. The van der Waals surface area contributed by atoms with Gasteiger partial charge in [-0.1, -0.05) is 44.6 Å². The summed E-state index contributed by atoms with van der Waals surface area (Å²) in [5.41, 5.74) is 0. The Bertz CT molecular complexity index is 270. The summed E-state index contributed by atoms with van der Waals surface area (Å²) < 4.78 is 0. The number of carbonyl (C=O) groups excluding carboxylic acids is 1. The molecule has 18 heavy (non-hydrogen) atoms. The van der Waals surface area contributed by atoms with Crippen LogP contribution in [-0.4, -0.2) is 23.7 Å². The van der Waals surface area contributed by atoms with Gasteiger partial charge in [-0.15, -0.1) is 0 Å². The molecule has 0 aliphatic carbocycles. The maximum Gasteiger partial charge on any atom is 0.248 e. The number of amides is 1. The number of hydrogen-bond acceptors (Lipinski definition) is 2. The second kappa shape index (κ2) is 11.0. The second-order valence-corrected chi connectivity index (χ2v) is 4.89. The molecule has 1 amide bonds. The summed E-state index contributed by atoms with van der Waals surface area (Å²) in [6.45, 7) is 6.67. The predicted molar refractivity (Wildman–Crippen MR) is 76.3 cm³/mol. The average molecular weight is 253 g/mol. The molecule has 0 aromatic heterocycles. The summed E-state index contributed by atoms with van der Waals surface area (Å²) in [7, 11) is 0. The summed E-state index contributed by atoms with van der Waals surface area (Å²) in [6, 6.07) is 0. The van der Waals surface area contributed by atoms with Crippen molar-refractivity contribution in [3.63, 3.8) is 0 Å². The lowest BCUT2D eigenvalue weighted by Gasteiger charge is -2.12. The van der Waals surface area contributed by atoms with Gasteiger partial charge in [0.15, 0.2) is 0 Å². The molecule has 0 aliphatic rings. The van der Waals surface area contributed by atoms with E-state index in [0.717, 1.165) is 19.3 Å². The van der Waals surface area contributed by atoms with Crippen LogP contribution in [0.15, 0.2) is 24.3 Å². The molecule has 0 heterocycles. The summed E-state index contributed by atoms with van der Waals surface area (Å²) in [4.78, 5) is 11.5. The molecule has 0 aliphatic heterocycles. The van der Waals surface area contributed by atoms with Gasteiger partial charge in [-0.3, -0.25) is 4.79 Å². The first-order chi connectivity index (χ1) is 8.57. The second-order valence-electron chi connectivity index (χ2n) is 4.89. The van der Waals surface area contributed by atoms with Gasteiger partial charge in [0.1, 0.15) is 6.10 Å². The molecule has 104 valence electrons. The number of aliphatic hydroxyl groups excluding tert-OH is 1. The van der Waals surface area contributed by atoms with Crippen LogP contribution in [-0.2, 0) is 4.79 Å². The number of unbranched alkanes of at least 4 members (excludes halogenated alkanes) is 2. The zero-order valence-corrected chi connectivity index (χ0v) is 11.9. The molecule has 0 aromatic carbocycles. The highest BCUT2D eigenvalue weighted by Gasteiger charge is 2.13. The molecular weight excluding hydrogens is 226 g/mol. The van der Waals surface area contributed by atoms with Crippen LogP contribution < -0.4 is 5.32 Å². The SMILES string of the molecule is CC=CC=CCCCCC(O)C(=O)NCC(C)C. The van der Waals surface area contributed by atoms with E-state index in [1.54, 1.807) is 0 Å². The van der Waals surface area contributed by atoms with Gasteiger partial charge < -0.3 is 10.4 Å². The lowest BCUT2D eigenvalue weighted by atomic mass is 10.1. The molecule has 3 nitrogen and oxygen atoms in total. The molecule has 1 atom stereocenters. The quantitative estimate of drug-likeness (QED) is 0.490. The van der Waals surface area contributed by atoms with Crippen molar-refractivity contribution in [1.82, 2.24) is 5.32 Å². The Morgan fingerprint density at radius 3 is 2.61 bits per heavy atom. The monoisotopic (exact) mass is 253 g/mol. The first-order valence-corrected chi connectivity index (χ1v) is 6.81. The number of allylic oxidation sites excluding steroid dienone is 4. The molecular formula is C15H27NO2. The number of rotatable bonds is 9. The van der Waals surface area contributed by atoms with Crippen molar-refractivity contribution in [2.75, 3.05) is 6.54 Å². The van der Waals surface area contributed by atoms with Crippen LogP contribution in [0.1, 0.15) is 46.5 Å². The highest BCUT2D eigenvalue weighted by Crippen LogP contribution is 2.05. The standard InChI is InChI=1S/C15H27NO2/c1-4-5-6-7-8-9-10-11-14(17)15(18)16-12-13(2)3/h4-7,13-14,17H,8-12H2,1-3H3,(H,16,18). The third-order valence-electron chi connectivity index (χ3n) is 2.53. The van der Waals surface area contributed by atoms with Crippen LogP contribution in [0.25, 0.3) is 0 Å². The molecule has 3 heteroatoms. The zero-order valence-electron chi connectivity index (χ0n) is 11.9. The van der Waals surface area contributed by atoms with Crippen molar-refractivity contribution in [2.24, 2.45) is 5.92 Å². The van der Waals surface area contributed by atoms with Gasteiger partial charge >= 0.3 is 0 Å². The average Bonchev–Trinajstić information content (AvgIpc) is 2.34. The molecule has 0 saturated carbocycles. The minimum Gasteiger partial charge on any atom is -0.383 e. The summed E-state index contributed by atoms with van der Waals surface area (Å²) in [5, 5.41) is 12.4. The fourth-order valence-electron chi connectivity index (χ4n) is 1.44. The van der Waals surface area contributed by atoms with Crippen molar-refractivity contribution < 1.29 is 9.90 Å². The highest BCUT2D eigenvalue weighted by atomic mass is 16.3. The third kappa shape index (κ3) is 10.1. The fourth-order valence-corrected chi connectivity index (χ4v) is 1.44. The number of aliphatic hydroxyl groups is 1. The predicted octanol–water partition coefficient (Wildman–Crippen LogP) is 2.81. The van der Waals surface area contributed by atoms with E-state index in [0.29, 0.717) is 18.9 Å². The fraction of sp³-hybridized carbons (Fsp3) is 0.667. The van der Waals surface area contributed by atoms with Crippen LogP contribution in [0.2, 0.25) is 0 Å². The highest BCUT2D eigenvalue weighted by molar-refractivity contribution is 5.80. The van der Waals surface area contributed by atoms with E-state index < -0.39 is 6.10 Å². The van der Waals surface area contributed by atoms with Gasteiger partial charge in [0.2, 0.25) is 5.91 Å². The smallest absolute Gasteiger partial charge is 0.248 e. The maximum atomic E-state index is 11.5. The Hall–Kier alpha value is -1.09. The van der Waals surface area contributed by atoms with E-state index in [4.69, 9.17) is 0 Å². The largest absolute Gasteiger partial charge is 0.383 e.